The van der Waals surface area contributed by atoms with Gasteiger partial charge in [-0.05, 0) is 48.0 Å². The molecule has 0 spiro atoms. The van der Waals surface area contributed by atoms with Gasteiger partial charge in [-0.25, -0.2) is 9.37 Å². The van der Waals surface area contributed by atoms with Gasteiger partial charge in [0.1, 0.15) is 17.4 Å². The molecule has 0 fully saturated rings. The smallest absolute Gasteiger partial charge is 0.406 e. The van der Waals surface area contributed by atoms with E-state index in [2.05, 4.69) is 33.5 Å². The zero-order valence-electron chi connectivity index (χ0n) is 15.1. The fourth-order valence-electron chi connectivity index (χ4n) is 2.13. The number of ether oxygens (including phenoxy) is 1. The van der Waals surface area contributed by atoms with Crippen LogP contribution in [0, 0.1) is 0 Å². The van der Waals surface area contributed by atoms with Crippen molar-refractivity contribution >= 4 is 17.4 Å². The van der Waals surface area contributed by atoms with E-state index < -0.39 is 23.8 Å². The van der Waals surface area contributed by atoms with Gasteiger partial charge in [0.05, 0.1) is 5.56 Å². The molecule has 1 aromatic carbocycles. The van der Waals surface area contributed by atoms with E-state index in [1.54, 1.807) is 6.07 Å². The second-order valence-electron chi connectivity index (χ2n) is 5.72. The summed E-state index contributed by atoms with van der Waals surface area (Å²) in [5, 5.41) is 5.48. The monoisotopic (exact) mass is 407 g/mol. The van der Waals surface area contributed by atoms with Crippen molar-refractivity contribution in [1.82, 2.24) is 4.98 Å². The molecule has 0 atom stereocenters. The number of allylic oxidation sites excluding steroid dienone is 2. The Bertz CT molecular complexity index is 922. The normalized spacial score (nSPS) is 11.2. The SMILES string of the molecule is C=C(F)/C=C\C(=C)CNc1ncccc1C(=O)Nc1ccc(OC(F)(F)F)cc1. The van der Waals surface area contributed by atoms with Gasteiger partial charge in [0.15, 0.2) is 0 Å². The van der Waals surface area contributed by atoms with Crippen molar-refractivity contribution in [3.05, 3.63) is 84.9 Å². The van der Waals surface area contributed by atoms with Gasteiger partial charge in [0.2, 0.25) is 0 Å². The molecule has 29 heavy (non-hydrogen) atoms. The summed E-state index contributed by atoms with van der Waals surface area (Å²) < 4.78 is 53.0. The molecule has 0 saturated carbocycles. The first-order chi connectivity index (χ1) is 13.6. The number of halogens is 4. The maximum Gasteiger partial charge on any atom is 0.573 e. The van der Waals surface area contributed by atoms with Crippen LogP contribution in [-0.4, -0.2) is 23.8 Å². The number of carbonyl (C=O) groups excluding carboxylic acids is 1. The molecule has 0 aliphatic heterocycles. The summed E-state index contributed by atoms with van der Waals surface area (Å²) >= 11 is 0. The number of alkyl halides is 3. The van der Waals surface area contributed by atoms with Gasteiger partial charge < -0.3 is 15.4 Å². The molecule has 2 rings (SSSR count). The second kappa shape index (κ2) is 9.54. The minimum Gasteiger partial charge on any atom is -0.406 e. The number of pyridine rings is 1. The van der Waals surface area contributed by atoms with Crippen LogP contribution in [0.15, 0.2) is 79.3 Å². The van der Waals surface area contributed by atoms with Crippen molar-refractivity contribution in [2.75, 3.05) is 17.2 Å². The van der Waals surface area contributed by atoms with Crippen LogP contribution in [0.1, 0.15) is 10.4 Å². The zero-order valence-corrected chi connectivity index (χ0v) is 15.1. The first-order valence-corrected chi connectivity index (χ1v) is 8.20. The Labute approximate surface area is 164 Å². The predicted molar refractivity (Wildman–Crippen MR) is 102 cm³/mol. The van der Waals surface area contributed by atoms with Crippen LogP contribution in [0.2, 0.25) is 0 Å². The topological polar surface area (TPSA) is 63.2 Å². The number of hydrogen-bond acceptors (Lipinski definition) is 4. The largest absolute Gasteiger partial charge is 0.573 e. The number of anilines is 2. The number of nitrogens with zero attached hydrogens (tertiary/aromatic N) is 1. The maximum absolute atomic E-state index is 12.6. The molecule has 0 unspecified atom stereocenters. The Balaban J connectivity index is 2.04. The Morgan fingerprint density at radius 1 is 1.14 bits per heavy atom. The zero-order chi connectivity index (χ0) is 21.4. The van der Waals surface area contributed by atoms with Crippen LogP contribution in [0.25, 0.3) is 0 Å². The number of carbonyl (C=O) groups is 1. The van der Waals surface area contributed by atoms with Crippen LogP contribution in [-0.2, 0) is 0 Å². The molecule has 1 amide bonds. The lowest BCUT2D eigenvalue weighted by Crippen LogP contribution is -2.17. The quantitative estimate of drug-likeness (QED) is 0.464. The van der Waals surface area contributed by atoms with Crippen molar-refractivity contribution in [3.8, 4) is 5.75 Å². The highest BCUT2D eigenvalue weighted by atomic mass is 19.4. The average Bonchev–Trinajstić information content (AvgIpc) is 2.65. The van der Waals surface area contributed by atoms with Gasteiger partial charge in [0, 0.05) is 18.4 Å². The standard InChI is InChI=1S/C20H17F4N3O2/c1-13(5-6-14(2)21)12-26-18-17(4-3-11-25-18)19(28)27-15-7-9-16(10-8-15)29-20(22,23)24/h3-11H,1-2,12H2,(H,25,26)(H,27,28)/b6-5-. The van der Waals surface area contributed by atoms with Crippen LogP contribution in [0.5, 0.6) is 5.75 Å². The molecule has 0 saturated heterocycles. The minimum absolute atomic E-state index is 0.199. The highest BCUT2D eigenvalue weighted by Gasteiger charge is 2.31. The van der Waals surface area contributed by atoms with E-state index in [-0.39, 0.29) is 23.6 Å². The molecular formula is C20H17F4N3O2. The molecular weight excluding hydrogens is 390 g/mol. The van der Waals surface area contributed by atoms with Crippen molar-refractivity contribution in [3.63, 3.8) is 0 Å². The number of hydrogen-bond donors (Lipinski definition) is 2. The van der Waals surface area contributed by atoms with Crippen LogP contribution in [0.4, 0.5) is 29.1 Å². The lowest BCUT2D eigenvalue weighted by molar-refractivity contribution is -0.274. The van der Waals surface area contributed by atoms with E-state index in [1.807, 2.05) is 0 Å². The molecule has 0 radical (unpaired) electrons. The van der Waals surface area contributed by atoms with E-state index in [1.165, 1.54) is 30.5 Å². The molecule has 9 heteroatoms. The number of amides is 1. The number of benzene rings is 1. The van der Waals surface area contributed by atoms with Crippen LogP contribution >= 0.6 is 0 Å². The van der Waals surface area contributed by atoms with Crippen molar-refractivity contribution in [1.29, 1.82) is 0 Å². The van der Waals surface area contributed by atoms with E-state index in [0.717, 1.165) is 18.2 Å². The Morgan fingerprint density at radius 2 is 1.83 bits per heavy atom. The van der Waals surface area contributed by atoms with Crippen LogP contribution in [0.3, 0.4) is 0 Å². The lowest BCUT2D eigenvalue weighted by Gasteiger charge is -2.12. The van der Waals surface area contributed by atoms with Gasteiger partial charge in [-0.1, -0.05) is 19.2 Å². The number of nitrogens with one attached hydrogen (secondary N) is 2. The van der Waals surface area contributed by atoms with E-state index >= 15 is 0 Å². The first-order valence-electron chi connectivity index (χ1n) is 8.20. The minimum atomic E-state index is -4.79. The van der Waals surface area contributed by atoms with Crippen molar-refractivity contribution in [2.45, 2.75) is 6.36 Å². The van der Waals surface area contributed by atoms with Crippen molar-refractivity contribution in [2.24, 2.45) is 0 Å². The highest BCUT2D eigenvalue weighted by Crippen LogP contribution is 2.24. The highest BCUT2D eigenvalue weighted by molar-refractivity contribution is 6.07. The molecule has 5 nitrogen and oxygen atoms in total. The summed E-state index contributed by atoms with van der Waals surface area (Å²) in [4.78, 5) is 16.6. The van der Waals surface area contributed by atoms with E-state index in [9.17, 15) is 22.4 Å². The summed E-state index contributed by atoms with van der Waals surface area (Å²) in [5.74, 6) is -1.28. The third-order valence-corrected chi connectivity index (χ3v) is 3.38. The molecule has 2 aromatic rings. The average molecular weight is 407 g/mol. The third kappa shape index (κ3) is 7.49. The lowest BCUT2D eigenvalue weighted by atomic mass is 10.2. The fourth-order valence-corrected chi connectivity index (χ4v) is 2.13. The molecule has 0 bridgehead atoms. The molecule has 1 aromatic heterocycles. The number of aromatic nitrogens is 1. The first kappa shape index (κ1) is 21.7. The van der Waals surface area contributed by atoms with E-state index in [4.69, 9.17) is 0 Å². The predicted octanol–water partition coefficient (Wildman–Crippen LogP) is 5.24. The summed E-state index contributed by atoms with van der Waals surface area (Å²) in [7, 11) is 0. The second-order valence-corrected chi connectivity index (χ2v) is 5.72. The van der Waals surface area contributed by atoms with Gasteiger partial charge in [-0.15, -0.1) is 13.2 Å². The van der Waals surface area contributed by atoms with Gasteiger partial charge in [0.25, 0.3) is 5.91 Å². The Kier molecular flexibility index (Phi) is 7.13. The van der Waals surface area contributed by atoms with E-state index in [0.29, 0.717) is 5.57 Å². The third-order valence-electron chi connectivity index (χ3n) is 3.38. The van der Waals surface area contributed by atoms with Crippen molar-refractivity contribution < 1.29 is 27.1 Å². The molecule has 0 aliphatic carbocycles. The van der Waals surface area contributed by atoms with Crippen LogP contribution < -0.4 is 15.4 Å². The maximum atomic E-state index is 12.6. The van der Waals surface area contributed by atoms with Gasteiger partial charge in [-0.3, -0.25) is 4.79 Å². The Morgan fingerprint density at radius 3 is 2.45 bits per heavy atom. The molecule has 2 N–H and O–H groups in total. The molecule has 1 heterocycles. The molecule has 152 valence electrons. The Hall–Kier alpha value is -3.62. The summed E-state index contributed by atoms with van der Waals surface area (Å²) in [6.07, 6.45) is -0.729. The van der Waals surface area contributed by atoms with Gasteiger partial charge in [-0.2, -0.15) is 0 Å². The number of rotatable bonds is 8. The van der Waals surface area contributed by atoms with Gasteiger partial charge >= 0.3 is 6.36 Å². The summed E-state index contributed by atoms with van der Waals surface area (Å²) in [6.45, 7) is 7.04. The summed E-state index contributed by atoms with van der Waals surface area (Å²) in [5.41, 5.74) is 1.00. The molecule has 0 aliphatic rings. The fraction of sp³-hybridized carbons (Fsp3) is 0.100. The summed E-state index contributed by atoms with van der Waals surface area (Å²) in [6, 6.07) is 7.80.